The van der Waals surface area contributed by atoms with Gasteiger partial charge in [0.2, 0.25) is 0 Å². The van der Waals surface area contributed by atoms with Crippen molar-refractivity contribution in [3.63, 3.8) is 0 Å². The molecule has 126 valence electrons. The normalized spacial score (nSPS) is 12.5. The average Bonchev–Trinajstić information content (AvgIpc) is 2.43. The smallest absolute Gasteiger partial charge is 0.307 e. The Balaban J connectivity index is 2.65. The number of hydrogen-bond acceptors (Lipinski definition) is 5. The lowest BCUT2D eigenvalue weighted by molar-refractivity contribution is -0.155. The molecule has 0 amide bonds. The van der Waals surface area contributed by atoms with Crippen molar-refractivity contribution in [1.82, 2.24) is 5.23 Å². The molecular formula is C17H26BNO4. The monoisotopic (exact) mass is 319 g/mol. The summed E-state index contributed by atoms with van der Waals surface area (Å²) >= 11 is 0. The number of benzene rings is 1. The molecule has 0 aliphatic carbocycles. The van der Waals surface area contributed by atoms with Crippen LogP contribution in [0.4, 0.5) is 0 Å². The summed E-state index contributed by atoms with van der Waals surface area (Å²) in [7, 11) is 0.188. The lowest BCUT2D eigenvalue weighted by atomic mass is 9.92. The summed E-state index contributed by atoms with van der Waals surface area (Å²) in [6, 6.07) is 5.28. The van der Waals surface area contributed by atoms with E-state index in [1.807, 2.05) is 39.8 Å². The van der Waals surface area contributed by atoms with E-state index in [0.717, 1.165) is 17.3 Å². The van der Waals surface area contributed by atoms with Gasteiger partial charge in [-0.3, -0.25) is 4.79 Å². The molecule has 1 rings (SSSR count). The van der Waals surface area contributed by atoms with Crippen molar-refractivity contribution >= 4 is 19.6 Å². The highest BCUT2D eigenvalue weighted by atomic mass is 16.6. The van der Waals surface area contributed by atoms with Crippen LogP contribution in [0.3, 0.4) is 0 Å². The second-order valence-electron chi connectivity index (χ2n) is 6.73. The van der Waals surface area contributed by atoms with Gasteiger partial charge in [-0.15, -0.1) is 0 Å². The quantitative estimate of drug-likeness (QED) is 0.435. The summed E-state index contributed by atoms with van der Waals surface area (Å²) in [6.07, 6.45) is 2.21. The zero-order valence-corrected chi connectivity index (χ0v) is 14.4. The molecule has 23 heavy (non-hydrogen) atoms. The van der Waals surface area contributed by atoms with E-state index in [1.165, 1.54) is 0 Å². The number of rotatable bonds is 8. The van der Waals surface area contributed by atoms with Crippen LogP contribution in [0.1, 0.15) is 44.7 Å². The molecule has 0 fully saturated rings. The van der Waals surface area contributed by atoms with Crippen LogP contribution in [0.25, 0.3) is 0 Å². The maximum atomic E-state index is 12.0. The summed E-state index contributed by atoms with van der Waals surface area (Å²) in [5.74, 6) is -0.0450. The van der Waals surface area contributed by atoms with E-state index in [9.17, 15) is 14.7 Å². The van der Waals surface area contributed by atoms with Gasteiger partial charge >= 0.3 is 5.97 Å². The lowest BCUT2D eigenvalue weighted by Gasteiger charge is -2.22. The Morgan fingerprint density at radius 2 is 2.13 bits per heavy atom. The van der Waals surface area contributed by atoms with E-state index in [0.29, 0.717) is 12.8 Å². The number of hydrogen-bond donors (Lipinski definition) is 2. The molecule has 1 aromatic rings. The summed E-state index contributed by atoms with van der Waals surface area (Å²) in [4.78, 5) is 22.5. The fraction of sp³-hybridized carbons (Fsp3) is 0.529. The van der Waals surface area contributed by atoms with Crippen LogP contribution < -0.4 is 5.23 Å². The Kier molecular flexibility index (Phi) is 7.29. The van der Waals surface area contributed by atoms with E-state index < -0.39 is 5.60 Å². The van der Waals surface area contributed by atoms with Gasteiger partial charge in [-0.2, -0.15) is 0 Å². The first-order valence-electron chi connectivity index (χ1n) is 7.88. The Morgan fingerprint density at radius 3 is 2.74 bits per heavy atom. The molecule has 5 nitrogen and oxygen atoms in total. The Labute approximate surface area is 138 Å². The van der Waals surface area contributed by atoms with Crippen molar-refractivity contribution in [3.8, 4) is 5.75 Å². The van der Waals surface area contributed by atoms with Crippen molar-refractivity contribution in [1.29, 1.82) is 0 Å². The maximum absolute atomic E-state index is 12.0. The van der Waals surface area contributed by atoms with Crippen LogP contribution in [0, 0.1) is 6.92 Å². The molecule has 0 aliphatic heterocycles. The SMILES string of the molecule is Cc1ccc(O)c(CC[C@H](CC(=O)OC(C)(C)C)NBC=O)c1. The number of carbonyl (C=O) groups is 2. The van der Waals surface area contributed by atoms with Gasteiger partial charge in [0.15, 0.2) is 0 Å². The van der Waals surface area contributed by atoms with Gasteiger partial charge in [0.25, 0.3) is 7.41 Å². The highest BCUT2D eigenvalue weighted by molar-refractivity contribution is 6.64. The van der Waals surface area contributed by atoms with E-state index in [-0.39, 0.29) is 31.6 Å². The molecule has 6 heteroatoms. The van der Waals surface area contributed by atoms with Crippen molar-refractivity contribution in [2.24, 2.45) is 0 Å². The minimum atomic E-state index is -0.527. The predicted octanol–water partition coefficient (Wildman–Crippen LogP) is 1.86. The van der Waals surface area contributed by atoms with Crippen molar-refractivity contribution in [3.05, 3.63) is 29.3 Å². The van der Waals surface area contributed by atoms with Crippen LogP contribution >= 0.6 is 0 Å². The molecule has 0 aromatic heterocycles. The number of ether oxygens (including phenoxy) is 1. The van der Waals surface area contributed by atoms with Gasteiger partial charge in [0, 0.05) is 6.04 Å². The molecule has 0 saturated carbocycles. The van der Waals surface area contributed by atoms with Gasteiger partial charge in [-0.1, -0.05) is 17.7 Å². The van der Waals surface area contributed by atoms with Crippen molar-refractivity contribution in [2.45, 2.75) is 58.6 Å². The molecule has 0 spiro atoms. The molecule has 0 bridgehead atoms. The topological polar surface area (TPSA) is 75.6 Å². The van der Waals surface area contributed by atoms with Crippen LogP contribution in [0.15, 0.2) is 18.2 Å². The third kappa shape index (κ3) is 7.84. The number of aryl methyl sites for hydroxylation is 2. The minimum Gasteiger partial charge on any atom is -0.508 e. The fourth-order valence-electron chi connectivity index (χ4n) is 2.32. The van der Waals surface area contributed by atoms with Gasteiger partial charge in [-0.25, -0.2) is 0 Å². The molecule has 0 heterocycles. The van der Waals surface area contributed by atoms with Gasteiger partial charge < -0.3 is 19.9 Å². The average molecular weight is 319 g/mol. The van der Waals surface area contributed by atoms with Crippen LogP contribution in [0.2, 0.25) is 0 Å². The summed E-state index contributed by atoms with van der Waals surface area (Å²) in [5, 5.41) is 12.9. The molecule has 1 atom stereocenters. The van der Waals surface area contributed by atoms with E-state index in [2.05, 4.69) is 5.23 Å². The first-order chi connectivity index (χ1) is 10.7. The second kappa shape index (κ2) is 8.72. The highest BCUT2D eigenvalue weighted by Crippen LogP contribution is 2.21. The summed E-state index contributed by atoms with van der Waals surface area (Å²) < 4.78 is 5.33. The third-order valence-electron chi connectivity index (χ3n) is 3.32. The van der Waals surface area contributed by atoms with E-state index in [4.69, 9.17) is 4.74 Å². The Morgan fingerprint density at radius 1 is 1.43 bits per heavy atom. The summed E-state index contributed by atoms with van der Waals surface area (Å²) in [5.41, 5.74) is 1.38. The summed E-state index contributed by atoms with van der Waals surface area (Å²) in [6.45, 7) is 7.43. The number of phenolic OH excluding ortho intramolecular Hbond substituents is 1. The molecule has 0 saturated heterocycles. The fourth-order valence-corrected chi connectivity index (χ4v) is 2.32. The predicted molar refractivity (Wildman–Crippen MR) is 92.5 cm³/mol. The van der Waals surface area contributed by atoms with Crippen LogP contribution in [0.5, 0.6) is 5.75 Å². The molecule has 1 aromatic carbocycles. The first kappa shape index (κ1) is 19.2. The highest BCUT2D eigenvalue weighted by Gasteiger charge is 2.20. The van der Waals surface area contributed by atoms with Gasteiger partial charge in [0.05, 0.1) is 12.6 Å². The molecular weight excluding hydrogens is 293 g/mol. The number of aromatic hydroxyl groups is 1. The zero-order chi connectivity index (χ0) is 17.5. The first-order valence-corrected chi connectivity index (χ1v) is 7.88. The third-order valence-corrected chi connectivity index (χ3v) is 3.32. The Bertz CT molecular complexity index is 540. The molecule has 0 radical (unpaired) electrons. The second-order valence-corrected chi connectivity index (χ2v) is 6.73. The number of phenols is 1. The Hall–Kier alpha value is -1.82. The van der Waals surface area contributed by atoms with Gasteiger partial charge in [-0.05, 0) is 52.2 Å². The van der Waals surface area contributed by atoms with E-state index in [1.54, 1.807) is 6.07 Å². The largest absolute Gasteiger partial charge is 0.508 e. The van der Waals surface area contributed by atoms with Crippen LogP contribution in [-0.4, -0.2) is 36.3 Å². The maximum Gasteiger partial charge on any atom is 0.307 e. The van der Waals surface area contributed by atoms with Crippen molar-refractivity contribution in [2.75, 3.05) is 0 Å². The van der Waals surface area contributed by atoms with E-state index >= 15 is 0 Å². The lowest BCUT2D eigenvalue weighted by Crippen LogP contribution is -2.37. The van der Waals surface area contributed by atoms with Crippen LogP contribution in [-0.2, 0) is 20.7 Å². The standard InChI is InChI=1S/C17H26BNO4/c1-12-5-8-15(21)13(9-12)6-7-14(19-18-11-20)10-16(22)23-17(2,3)4/h5,8-9,11,14,18-19,21H,6-7,10H2,1-4H3/t14-/m1/s1. The van der Waals surface area contributed by atoms with Gasteiger partial charge in [0.1, 0.15) is 11.4 Å². The zero-order valence-electron chi connectivity index (χ0n) is 14.4. The number of nitrogens with one attached hydrogen (secondary N) is 1. The molecule has 0 unspecified atom stereocenters. The number of esters is 1. The molecule has 2 N–H and O–H groups in total. The van der Waals surface area contributed by atoms with Crippen molar-refractivity contribution < 1.29 is 19.4 Å². The number of carbonyl (C=O) groups excluding carboxylic acids is 2. The minimum absolute atomic E-state index is 0.171. The molecule has 0 aliphatic rings.